The average molecular weight is 611 g/mol. The van der Waals surface area contributed by atoms with Crippen LogP contribution in [0.5, 0.6) is 0 Å². The Hall–Kier alpha value is -5.27. The fraction of sp³-hybridized carbons (Fsp3) is 0.179. The lowest BCUT2D eigenvalue weighted by Crippen LogP contribution is -2.49. The van der Waals surface area contributed by atoms with Gasteiger partial charge in [-0.15, -0.1) is 0 Å². The maximum absolute atomic E-state index is 13.6. The zero-order chi connectivity index (χ0) is 31.5. The Morgan fingerprint density at radius 3 is 1.93 bits per heavy atom. The number of nitrogens with one attached hydrogen (secondary N) is 1. The summed E-state index contributed by atoms with van der Waals surface area (Å²) in [5.41, 5.74) is 6.31. The van der Waals surface area contributed by atoms with Crippen LogP contribution in [0.1, 0.15) is 55.2 Å². The Labute approximate surface area is 268 Å². The summed E-state index contributed by atoms with van der Waals surface area (Å²) in [6, 6.07) is 42.5. The van der Waals surface area contributed by atoms with E-state index in [4.69, 9.17) is 0 Å². The molecule has 1 unspecified atom stereocenters. The number of anilines is 1. The van der Waals surface area contributed by atoms with E-state index in [1.165, 1.54) is 23.3 Å². The van der Waals surface area contributed by atoms with Gasteiger partial charge in [-0.2, -0.15) is 0 Å². The first kappa shape index (κ1) is 29.4. The molecule has 2 aliphatic rings. The van der Waals surface area contributed by atoms with Crippen LogP contribution in [0.4, 0.5) is 10.1 Å². The van der Waals surface area contributed by atoms with Crippen molar-refractivity contribution in [3.05, 3.63) is 173 Å². The molecule has 0 spiro atoms. The third kappa shape index (κ3) is 6.02. The molecule has 2 amide bonds. The maximum Gasteiger partial charge on any atom is 0.256 e. The molecule has 46 heavy (non-hydrogen) atoms. The highest BCUT2D eigenvalue weighted by Crippen LogP contribution is 2.36. The van der Waals surface area contributed by atoms with Crippen LogP contribution in [0.2, 0.25) is 0 Å². The first-order valence-corrected chi connectivity index (χ1v) is 15.7. The zero-order valence-electron chi connectivity index (χ0n) is 25.4. The molecule has 7 heteroatoms. The second kappa shape index (κ2) is 13.0. The topological polar surface area (TPSA) is 55.9 Å². The van der Waals surface area contributed by atoms with Crippen molar-refractivity contribution in [3.8, 4) is 0 Å². The number of fused-ring (bicyclic) bond motifs is 1. The number of hydrogen-bond donors (Lipinski definition) is 1. The lowest BCUT2D eigenvalue weighted by molar-refractivity contribution is 0.0597. The number of benzene rings is 5. The fourth-order valence-electron chi connectivity index (χ4n) is 6.59. The molecule has 5 aromatic rings. The second-order valence-electron chi connectivity index (χ2n) is 11.8. The number of carbonyl (C=O) groups excluding carboxylic acids is 2. The highest BCUT2D eigenvalue weighted by Gasteiger charge is 2.36. The minimum absolute atomic E-state index is 0.0153. The van der Waals surface area contributed by atoms with Crippen molar-refractivity contribution in [1.82, 2.24) is 14.7 Å². The van der Waals surface area contributed by atoms with Crippen molar-refractivity contribution in [2.45, 2.75) is 18.8 Å². The Morgan fingerprint density at radius 2 is 1.30 bits per heavy atom. The van der Waals surface area contributed by atoms with Crippen LogP contribution < -0.4 is 5.32 Å². The summed E-state index contributed by atoms with van der Waals surface area (Å²) in [6.45, 7) is 3.18. The summed E-state index contributed by atoms with van der Waals surface area (Å²) in [4.78, 5) is 33.1. The highest BCUT2D eigenvalue weighted by molar-refractivity contribution is 5.99. The Kier molecular flexibility index (Phi) is 8.31. The minimum Gasteiger partial charge on any atom is -0.361 e. The second-order valence-corrected chi connectivity index (χ2v) is 11.8. The van der Waals surface area contributed by atoms with Crippen LogP contribution in [0.25, 0.3) is 0 Å². The van der Waals surface area contributed by atoms with Crippen LogP contribution in [0.3, 0.4) is 0 Å². The van der Waals surface area contributed by atoms with Crippen LogP contribution in [0.15, 0.2) is 133 Å². The standard InChI is InChI=1S/C39H35FN4O2/c40-32-19-15-28(16-20-32)27-44-37(34-13-7-8-14-35(34)39(44)46)41-33-21-17-31(18-22-33)38(45)43-25-23-42(24-26-43)36(29-9-3-1-4-10-29)30-11-5-2-6-12-30/h1-22,36-37,41H,23-27H2. The predicted octanol–water partition coefficient (Wildman–Crippen LogP) is 7.14. The molecule has 7 rings (SSSR count). The fourth-order valence-corrected chi connectivity index (χ4v) is 6.59. The maximum atomic E-state index is 13.6. The van der Waals surface area contributed by atoms with Gasteiger partial charge in [-0.1, -0.05) is 91.0 Å². The summed E-state index contributed by atoms with van der Waals surface area (Å²) in [7, 11) is 0. The van der Waals surface area contributed by atoms with Gasteiger partial charge in [0.25, 0.3) is 11.8 Å². The number of carbonyl (C=O) groups is 2. The number of nitrogens with zero attached hydrogens (tertiary/aromatic N) is 3. The zero-order valence-corrected chi connectivity index (χ0v) is 25.4. The predicted molar refractivity (Wildman–Crippen MR) is 178 cm³/mol. The molecule has 1 N–H and O–H groups in total. The first-order valence-electron chi connectivity index (χ1n) is 15.7. The highest BCUT2D eigenvalue weighted by atomic mass is 19.1. The van der Waals surface area contributed by atoms with Gasteiger partial charge in [0.15, 0.2) is 0 Å². The Morgan fingerprint density at radius 1 is 0.717 bits per heavy atom. The van der Waals surface area contributed by atoms with Gasteiger partial charge in [0, 0.05) is 55.1 Å². The molecule has 2 aliphatic heterocycles. The molecule has 2 heterocycles. The third-order valence-electron chi connectivity index (χ3n) is 8.96. The van der Waals surface area contributed by atoms with Crippen LogP contribution in [-0.2, 0) is 6.54 Å². The van der Waals surface area contributed by atoms with E-state index in [1.54, 1.807) is 17.0 Å². The smallest absolute Gasteiger partial charge is 0.256 e. The van der Waals surface area contributed by atoms with Crippen LogP contribution >= 0.6 is 0 Å². The molecule has 0 radical (unpaired) electrons. The molecule has 0 aromatic heterocycles. The van der Waals surface area contributed by atoms with Crippen LogP contribution in [0, 0.1) is 5.82 Å². The summed E-state index contributed by atoms with van der Waals surface area (Å²) < 4.78 is 13.5. The van der Waals surface area contributed by atoms with Gasteiger partial charge >= 0.3 is 0 Å². The number of amides is 2. The van der Waals surface area contributed by atoms with E-state index in [2.05, 4.69) is 58.7 Å². The van der Waals surface area contributed by atoms with Gasteiger partial charge < -0.3 is 15.1 Å². The molecule has 230 valence electrons. The number of halogens is 1. The number of piperazine rings is 1. The van der Waals surface area contributed by atoms with E-state index in [1.807, 2.05) is 65.6 Å². The van der Waals surface area contributed by atoms with Crippen molar-refractivity contribution < 1.29 is 14.0 Å². The largest absolute Gasteiger partial charge is 0.361 e. The molecular formula is C39H35FN4O2. The Balaban J connectivity index is 1.03. The first-order chi connectivity index (χ1) is 22.5. The normalized spacial score (nSPS) is 16.5. The van der Waals surface area contributed by atoms with Gasteiger partial charge in [-0.3, -0.25) is 14.5 Å². The summed E-state index contributed by atoms with van der Waals surface area (Å²) in [5, 5.41) is 3.50. The van der Waals surface area contributed by atoms with Crippen molar-refractivity contribution in [1.29, 1.82) is 0 Å². The molecule has 6 nitrogen and oxygen atoms in total. The lowest BCUT2D eigenvalue weighted by atomic mass is 9.96. The van der Waals surface area contributed by atoms with Crippen molar-refractivity contribution >= 4 is 17.5 Å². The molecule has 0 saturated carbocycles. The summed E-state index contributed by atoms with van der Waals surface area (Å²) in [5.74, 6) is -0.374. The number of hydrogen-bond acceptors (Lipinski definition) is 4. The SMILES string of the molecule is O=C(c1ccc(NC2c3ccccc3C(=O)N2Cc2ccc(F)cc2)cc1)N1CCN(C(c2ccccc2)c2ccccc2)CC1. The minimum atomic E-state index is -0.398. The molecule has 1 saturated heterocycles. The summed E-state index contributed by atoms with van der Waals surface area (Å²) >= 11 is 0. The number of rotatable bonds is 8. The van der Waals surface area contributed by atoms with Gasteiger partial charge in [-0.05, 0) is 59.2 Å². The summed E-state index contributed by atoms with van der Waals surface area (Å²) in [6.07, 6.45) is -0.398. The monoisotopic (exact) mass is 610 g/mol. The molecule has 0 bridgehead atoms. The van der Waals surface area contributed by atoms with Crippen molar-refractivity contribution in [3.63, 3.8) is 0 Å². The van der Waals surface area contributed by atoms with E-state index >= 15 is 0 Å². The van der Waals surface area contributed by atoms with E-state index < -0.39 is 6.17 Å². The third-order valence-corrected chi connectivity index (χ3v) is 8.96. The van der Waals surface area contributed by atoms with Gasteiger partial charge in [-0.25, -0.2) is 4.39 Å². The molecule has 1 fully saturated rings. The van der Waals surface area contributed by atoms with Crippen molar-refractivity contribution in [2.24, 2.45) is 0 Å². The van der Waals surface area contributed by atoms with E-state index in [0.29, 0.717) is 30.8 Å². The van der Waals surface area contributed by atoms with E-state index in [9.17, 15) is 14.0 Å². The van der Waals surface area contributed by atoms with Gasteiger partial charge in [0.1, 0.15) is 12.0 Å². The van der Waals surface area contributed by atoms with E-state index in [-0.39, 0.29) is 23.7 Å². The lowest BCUT2D eigenvalue weighted by Gasteiger charge is -2.39. The Bertz CT molecular complexity index is 1770. The van der Waals surface area contributed by atoms with Crippen LogP contribution in [-0.4, -0.2) is 52.7 Å². The molecular weight excluding hydrogens is 575 g/mol. The van der Waals surface area contributed by atoms with E-state index in [0.717, 1.165) is 29.9 Å². The quantitative estimate of drug-likeness (QED) is 0.203. The molecule has 0 aliphatic carbocycles. The molecule has 1 atom stereocenters. The van der Waals surface area contributed by atoms with Crippen molar-refractivity contribution in [2.75, 3.05) is 31.5 Å². The molecule has 5 aromatic carbocycles. The van der Waals surface area contributed by atoms with Gasteiger partial charge in [0.05, 0.1) is 6.04 Å². The average Bonchev–Trinajstić information content (AvgIpc) is 3.37. The van der Waals surface area contributed by atoms with Gasteiger partial charge in [0.2, 0.25) is 0 Å².